The molecule has 0 saturated heterocycles. The Bertz CT molecular complexity index is 1530. The first-order valence-electron chi connectivity index (χ1n) is 28.5. The van der Waals surface area contributed by atoms with Gasteiger partial charge < -0.3 is 24.2 Å². The van der Waals surface area contributed by atoms with E-state index in [0.717, 1.165) is 116 Å². The number of phosphoric acid groups is 1. The lowest BCUT2D eigenvalue weighted by atomic mass is 10.1. The smallest absolute Gasteiger partial charge is 0.462 e. The Morgan fingerprint density at radius 1 is 0.403 bits per heavy atom. The number of aliphatic hydroxyl groups is 1. The molecule has 0 aromatic rings. The van der Waals surface area contributed by atoms with Crippen molar-refractivity contribution < 1.29 is 52.2 Å². The molecule has 0 aliphatic heterocycles. The number of rotatable bonds is 52. The number of hydrogen-bond donors (Lipinski definition) is 2. The average Bonchev–Trinajstić information content (AvgIpc) is 3.37. The Balaban J connectivity index is 4.81. The predicted octanol–water partition coefficient (Wildman–Crippen LogP) is 16.7. The van der Waals surface area contributed by atoms with Crippen LogP contribution in [0.2, 0.25) is 0 Å². The molecule has 0 rings (SSSR count). The zero-order chi connectivity index (χ0) is 52.7. The van der Waals surface area contributed by atoms with E-state index in [0.29, 0.717) is 19.3 Å². The zero-order valence-corrected chi connectivity index (χ0v) is 46.5. The fraction of sp³-hybridized carbons (Fsp3) is 0.717. The van der Waals surface area contributed by atoms with Crippen LogP contribution < -0.4 is 0 Å². The molecule has 72 heavy (non-hydrogen) atoms. The lowest BCUT2D eigenvalue weighted by molar-refractivity contribution is -0.161. The van der Waals surface area contributed by atoms with Gasteiger partial charge in [-0.05, 0) is 116 Å². The van der Waals surface area contributed by atoms with E-state index in [9.17, 15) is 28.9 Å². The van der Waals surface area contributed by atoms with Crippen LogP contribution in [0.1, 0.15) is 239 Å². The average molecular weight is 1030 g/mol. The van der Waals surface area contributed by atoms with Crippen molar-refractivity contribution in [2.75, 3.05) is 26.4 Å². The van der Waals surface area contributed by atoms with E-state index < -0.39 is 57.8 Å². The first kappa shape index (κ1) is 68.7. The highest BCUT2D eigenvalue weighted by atomic mass is 31.2. The molecule has 12 heteroatoms. The molecule has 3 atom stereocenters. The number of ether oxygens (including phenoxy) is 3. The van der Waals surface area contributed by atoms with E-state index >= 15 is 0 Å². The van der Waals surface area contributed by atoms with Crippen molar-refractivity contribution in [3.8, 4) is 0 Å². The van der Waals surface area contributed by atoms with Gasteiger partial charge in [0.05, 0.1) is 19.8 Å². The van der Waals surface area contributed by atoms with Crippen LogP contribution in [-0.2, 0) is 42.2 Å². The van der Waals surface area contributed by atoms with Crippen molar-refractivity contribution in [1.29, 1.82) is 0 Å². The highest BCUT2D eigenvalue weighted by molar-refractivity contribution is 7.47. The van der Waals surface area contributed by atoms with Crippen LogP contribution in [0.4, 0.5) is 0 Å². The van der Waals surface area contributed by atoms with Crippen LogP contribution in [0, 0.1) is 0 Å². The van der Waals surface area contributed by atoms with Crippen molar-refractivity contribution in [3.63, 3.8) is 0 Å². The molecule has 11 nitrogen and oxygen atoms in total. The summed E-state index contributed by atoms with van der Waals surface area (Å²) in [5, 5.41) is 9.80. The molecule has 0 aliphatic carbocycles. The first-order chi connectivity index (χ1) is 35.2. The van der Waals surface area contributed by atoms with Gasteiger partial charge in [0.25, 0.3) is 0 Å². The predicted molar refractivity (Wildman–Crippen MR) is 298 cm³/mol. The van der Waals surface area contributed by atoms with Crippen molar-refractivity contribution in [2.24, 2.45) is 0 Å². The molecule has 0 spiro atoms. The van der Waals surface area contributed by atoms with Crippen molar-refractivity contribution in [1.82, 2.24) is 0 Å². The molecule has 0 fully saturated rings. The molecular weight excluding hydrogens is 928 g/mol. The molecule has 0 radical (unpaired) electrons. The van der Waals surface area contributed by atoms with Crippen molar-refractivity contribution in [3.05, 3.63) is 85.1 Å². The third kappa shape index (κ3) is 51.6. The Hall–Kier alpha value is -3.34. The summed E-state index contributed by atoms with van der Waals surface area (Å²) in [7, 11) is -4.76. The summed E-state index contributed by atoms with van der Waals surface area (Å²) in [6.07, 6.45) is 61.1. The topological polar surface area (TPSA) is 155 Å². The highest BCUT2D eigenvalue weighted by Crippen LogP contribution is 2.43. The van der Waals surface area contributed by atoms with E-state index in [1.54, 1.807) is 0 Å². The Labute approximate surface area is 439 Å². The monoisotopic (exact) mass is 1030 g/mol. The molecule has 0 aliphatic rings. The van der Waals surface area contributed by atoms with Crippen LogP contribution in [0.5, 0.6) is 0 Å². The fourth-order valence-corrected chi connectivity index (χ4v) is 8.21. The lowest BCUT2D eigenvalue weighted by Gasteiger charge is -2.21. The number of allylic oxidation sites excluding steroid dienone is 14. The largest absolute Gasteiger partial charge is 0.472 e. The van der Waals surface area contributed by atoms with Gasteiger partial charge in [0.15, 0.2) is 6.10 Å². The van der Waals surface area contributed by atoms with Crippen LogP contribution >= 0.6 is 7.82 Å². The number of hydrogen-bond acceptors (Lipinski definition) is 10. The van der Waals surface area contributed by atoms with Gasteiger partial charge in [-0.3, -0.25) is 23.4 Å². The van der Waals surface area contributed by atoms with Gasteiger partial charge >= 0.3 is 25.7 Å². The van der Waals surface area contributed by atoms with Gasteiger partial charge in [-0.15, -0.1) is 0 Å². The second-order valence-electron chi connectivity index (χ2n) is 18.7. The third-order valence-electron chi connectivity index (χ3n) is 11.8. The van der Waals surface area contributed by atoms with E-state index in [1.165, 1.54) is 64.2 Å². The number of esters is 3. The van der Waals surface area contributed by atoms with Gasteiger partial charge in [0.1, 0.15) is 12.7 Å². The van der Waals surface area contributed by atoms with Crippen LogP contribution in [0.3, 0.4) is 0 Å². The maximum Gasteiger partial charge on any atom is 0.472 e. The molecule has 3 unspecified atom stereocenters. The van der Waals surface area contributed by atoms with E-state index in [-0.39, 0.29) is 25.9 Å². The first-order valence-corrected chi connectivity index (χ1v) is 30.0. The van der Waals surface area contributed by atoms with Crippen LogP contribution in [0.25, 0.3) is 0 Å². The van der Waals surface area contributed by atoms with Crippen LogP contribution in [-0.4, -0.2) is 66.5 Å². The Kier molecular flexibility index (Phi) is 51.4. The Morgan fingerprint density at radius 3 is 1.18 bits per heavy atom. The van der Waals surface area contributed by atoms with Gasteiger partial charge in [0, 0.05) is 19.3 Å². The summed E-state index contributed by atoms with van der Waals surface area (Å²) >= 11 is 0. The minimum Gasteiger partial charge on any atom is -0.462 e. The minimum absolute atomic E-state index is 0.146. The summed E-state index contributed by atoms with van der Waals surface area (Å²) in [5.41, 5.74) is 0. The molecule has 0 saturated carbocycles. The molecular formula is C60H103O11P. The number of carbonyl (C=O) groups is 3. The van der Waals surface area contributed by atoms with E-state index in [2.05, 4.69) is 106 Å². The number of carbonyl (C=O) groups excluding carboxylic acids is 3. The van der Waals surface area contributed by atoms with E-state index in [4.69, 9.17) is 23.3 Å². The molecule has 414 valence electrons. The molecule has 0 heterocycles. The van der Waals surface area contributed by atoms with Gasteiger partial charge in [-0.25, -0.2) is 4.57 Å². The maximum absolute atomic E-state index is 12.9. The lowest BCUT2D eigenvalue weighted by Crippen LogP contribution is -2.30. The summed E-state index contributed by atoms with van der Waals surface area (Å²) in [6.45, 7) is 4.42. The number of phosphoric ester groups is 1. The third-order valence-corrected chi connectivity index (χ3v) is 12.7. The second-order valence-corrected chi connectivity index (χ2v) is 20.2. The summed E-state index contributed by atoms with van der Waals surface area (Å²) in [6, 6.07) is 0. The number of aliphatic hydroxyl groups excluding tert-OH is 1. The molecule has 0 amide bonds. The van der Waals surface area contributed by atoms with Gasteiger partial charge in [-0.1, -0.05) is 189 Å². The van der Waals surface area contributed by atoms with Crippen molar-refractivity contribution >= 4 is 25.7 Å². The normalized spacial score (nSPS) is 14.0. The summed E-state index contributed by atoms with van der Waals surface area (Å²) in [4.78, 5) is 48.5. The Morgan fingerprint density at radius 2 is 0.722 bits per heavy atom. The van der Waals surface area contributed by atoms with Crippen LogP contribution in [0.15, 0.2) is 85.1 Å². The fourth-order valence-electron chi connectivity index (χ4n) is 7.43. The standard InChI is InChI=1S/C60H103O11P/c1-4-7-10-13-16-19-22-25-27-28-30-33-36-39-42-45-48-51-60(64)71-57(53-67-58(62)49-46-43-40-37-34-32-29-26-23-20-17-14-11-8-5-2)55-69-72(65,66)68-54-56(52-61)70-59(63)50-47-44-41-38-35-31-24-21-18-15-12-9-6-3/h8,11,16-17,19-21,24-27,29,34,37,56-57,61H,4-7,9-10,12-15,18,22-23,28,30-33,35-36,38-55H2,1-3H3,(H,65,66)/b11-8-,19-16-,20-17-,24-21-,27-25-,29-26-,37-34-. The highest BCUT2D eigenvalue weighted by Gasteiger charge is 2.28. The molecule has 0 aromatic carbocycles. The minimum atomic E-state index is -4.76. The maximum atomic E-state index is 12.9. The van der Waals surface area contributed by atoms with Crippen molar-refractivity contribution in [2.45, 2.75) is 251 Å². The number of unbranched alkanes of at least 4 members (excludes halogenated alkanes) is 21. The summed E-state index contributed by atoms with van der Waals surface area (Å²) in [5.74, 6) is -1.53. The molecule has 0 aromatic heterocycles. The SMILES string of the molecule is CC/C=C\C/C=C\C/C=C\C/C=C\CCCCC(=O)OCC(COP(=O)(O)OCC(CO)OC(=O)CCCCCCC/C=C\CCCCCC)OC(=O)CCCCCCCCC/C=C\C/C=C\CCCCC. The zero-order valence-electron chi connectivity index (χ0n) is 45.6. The second kappa shape index (κ2) is 53.9. The molecule has 2 N–H and O–H groups in total. The molecule has 0 bridgehead atoms. The van der Waals surface area contributed by atoms with E-state index in [1.807, 2.05) is 0 Å². The quantitative estimate of drug-likeness (QED) is 0.0197. The summed E-state index contributed by atoms with van der Waals surface area (Å²) < 4.78 is 39.4. The van der Waals surface area contributed by atoms with Gasteiger partial charge in [0.2, 0.25) is 0 Å². The van der Waals surface area contributed by atoms with Gasteiger partial charge in [-0.2, -0.15) is 0 Å².